The van der Waals surface area contributed by atoms with E-state index in [1.807, 2.05) is 6.92 Å². The van der Waals surface area contributed by atoms with Gasteiger partial charge in [0.2, 0.25) is 0 Å². The first-order valence-electron chi connectivity index (χ1n) is 7.81. The van der Waals surface area contributed by atoms with E-state index in [0.29, 0.717) is 5.92 Å². The predicted octanol–water partition coefficient (Wildman–Crippen LogP) is 3.75. The number of rotatable bonds is 2. The Kier molecular flexibility index (Phi) is 3.77. The molecule has 20 heavy (non-hydrogen) atoms. The maximum absolute atomic E-state index is 11.8. The van der Waals surface area contributed by atoms with Crippen molar-refractivity contribution < 1.29 is 14.3 Å². The Balaban J connectivity index is 2.39. The minimum Gasteiger partial charge on any atom is -0.459 e. The summed E-state index contributed by atoms with van der Waals surface area (Å²) in [6.07, 6.45) is 6.32. The maximum Gasteiger partial charge on any atom is 0.303 e. The summed E-state index contributed by atoms with van der Waals surface area (Å²) >= 11 is 0. The van der Waals surface area contributed by atoms with Crippen molar-refractivity contribution in [3.8, 4) is 0 Å². The van der Waals surface area contributed by atoms with E-state index in [4.69, 9.17) is 4.74 Å². The highest BCUT2D eigenvalue weighted by Gasteiger charge is 2.59. The quantitative estimate of drug-likeness (QED) is 0.571. The van der Waals surface area contributed by atoms with Crippen molar-refractivity contribution >= 4 is 12.3 Å². The van der Waals surface area contributed by atoms with Gasteiger partial charge in [0, 0.05) is 6.92 Å². The summed E-state index contributed by atoms with van der Waals surface area (Å²) in [5.74, 6) is 0.0521. The molecule has 0 aromatic rings. The predicted molar refractivity (Wildman–Crippen MR) is 78.2 cm³/mol. The van der Waals surface area contributed by atoms with Gasteiger partial charge < -0.3 is 9.53 Å². The number of fused-ring (bicyclic) bond motifs is 1. The van der Waals surface area contributed by atoms with E-state index < -0.39 is 5.60 Å². The Morgan fingerprint density at radius 2 is 1.80 bits per heavy atom. The van der Waals surface area contributed by atoms with Crippen molar-refractivity contribution in [2.24, 2.45) is 22.7 Å². The molecule has 3 nitrogen and oxygen atoms in total. The Morgan fingerprint density at radius 1 is 1.15 bits per heavy atom. The lowest BCUT2D eigenvalue weighted by atomic mass is 9.46. The fraction of sp³-hybridized carbons (Fsp3) is 0.882. The van der Waals surface area contributed by atoms with Gasteiger partial charge >= 0.3 is 5.97 Å². The maximum atomic E-state index is 11.8. The number of hydrogen-bond donors (Lipinski definition) is 0. The minimum atomic E-state index is -0.633. The molecule has 0 heterocycles. The van der Waals surface area contributed by atoms with Crippen LogP contribution in [-0.2, 0) is 14.3 Å². The lowest BCUT2D eigenvalue weighted by Crippen LogP contribution is -2.59. The van der Waals surface area contributed by atoms with E-state index in [1.54, 1.807) is 0 Å². The van der Waals surface area contributed by atoms with Gasteiger partial charge in [-0.3, -0.25) is 4.79 Å². The van der Waals surface area contributed by atoms with Crippen LogP contribution in [0.2, 0.25) is 0 Å². The van der Waals surface area contributed by atoms with Gasteiger partial charge in [-0.15, -0.1) is 0 Å². The molecule has 3 heteroatoms. The molecule has 0 aliphatic heterocycles. The molecule has 0 aromatic carbocycles. The Hall–Kier alpha value is -0.860. The first-order chi connectivity index (χ1) is 9.16. The average Bonchev–Trinajstić information content (AvgIpc) is 2.25. The van der Waals surface area contributed by atoms with Gasteiger partial charge in [0.1, 0.15) is 11.9 Å². The van der Waals surface area contributed by atoms with Crippen LogP contribution >= 0.6 is 0 Å². The van der Waals surface area contributed by atoms with Gasteiger partial charge in [-0.1, -0.05) is 27.2 Å². The molecule has 0 saturated heterocycles. The normalized spacial score (nSPS) is 43.5. The molecule has 0 aromatic heterocycles. The van der Waals surface area contributed by atoms with Crippen LogP contribution in [-0.4, -0.2) is 17.9 Å². The molecule has 0 spiro atoms. The second kappa shape index (κ2) is 4.85. The van der Waals surface area contributed by atoms with Crippen LogP contribution < -0.4 is 0 Å². The summed E-state index contributed by atoms with van der Waals surface area (Å²) < 4.78 is 5.59. The van der Waals surface area contributed by atoms with Crippen molar-refractivity contribution in [3.63, 3.8) is 0 Å². The van der Waals surface area contributed by atoms with Gasteiger partial charge in [-0.2, -0.15) is 0 Å². The number of aldehydes is 1. The Morgan fingerprint density at radius 3 is 2.35 bits per heavy atom. The summed E-state index contributed by atoms with van der Waals surface area (Å²) in [6, 6.07) is 0. The molecule has 2 fully saturated rings. The molecule has 1 unspecified atom stereocenters. The molecule has 2 saturated carbocycles. The molecule has 114 valence electrons. The minimum absolute atomic E-state index is 0.0497. The van der Waals surface area contributed by atoms with Crippen molar-refractivity contribution in [2.45, 2.75) is 72.3 Å². The standard InChI is InChI=1S/C17H28O3/c1-12(19)20-17(5)10-7-13-15(2,3)8-6-9-16(13,4)14(17)11-18/h11,13-14H,6-10H2,1-5H3/t13?,14-,16+,17-/m1/s1. The Labute approximate surface area is 122 Å². The highest BCUT2D eigenvalue weighted by Crippen LogP contribution is 2.62. The number of carbonyl (C=O) groups is 2. The average molecular weight is 280 g/mol. The second-order valence-corrected chi connectivity index (χ2v) is 7.96. The largest absolute Gasteiger partial charge is 0.459 e. The molecule has 0 N–H and O–H groups in total. The van der Waals surface area contributed by atoms with Gasteiger partial charge in [0.25, 0.3) is 0 Å². The van der Waals surface area contributed by atoms with E-state index >= 15 is 0 Å². The first-order valence-corrected chi connectivity index (χ1v) is 7.81. The van der Waals surface area contributed by atoms with Crippen LogP contribution in [0.25, 0.3) is 0 Å². The fourth-order valence-corrected chi connectivity index (χ4v) is 5.28. The van der Waals surface area contributed by atoms with Crippen LogP contribution in [0.5, 0.6) is 0 Å². The highest BCUT2D eigenvalue weighted by molar-refractivity contribution is 5.68. The lowest BCUT2D eigenvalue weighted by molar-refractivity contribution is -0.194. The zero-order valence-corrected chi connectivity index (χ0v) is 13.5. The summed E-state index contributed by atoms with van der Waals surface area (Å²) in [4.78, 5) is 23.3. The van der Waals surface area contributed by atoms with Crippen LogP contribution in [0.3, 0.4) is 0 Å². The van der Waals surface area contributed by atoms with E-state index in [-0.39, 0.29) is 22.7 Å². The van der Waals surface area contributed by atoms with Crippen molar-refractivity contribution in [1.82, 2.24) is 0 Å². The van der Waals surface area contributed by atoms with E-state index in [2.05, 4.69) is 20.8 Å². The smallest absolute Gasteiger partial charge is 0.303 e. The molecule has 0 amide bonds. The van der Waals surface area contributed by atoms with Gasteiger partial charge in [0.15, 0.2) is 0 Å². The van der Waals surface area contributed by atoms with E-state index in [0.717, 1.165) is 32.0 Å². The van der Waals surface area contributed by atoms with Gasteiger partial charge in [-0.05, 0) is 49.4 Å². The molecule has 0 bridgehead atoms. The molecule has 0 radical (unpaired) electrons. The fourth-order valence-electron chi connectivity index (χ4n) is 5.28. The summed E-state index contributed by atoms with van der Waals surface area (Å²) in [5.41, 5.74) is -0.413. The lowest BCUT2D eigenvalue weighted by Gasteiger charge is -2.60. The second-order valence-electron chi connectivity index (χ2n) is 7.96. The Bertz CT molecular complexity index is 414. The van der Waals surface area contributed by atoms with Crippen LogP contribution in [0.1, 0.15) is 66.7 Å². The number of esters is 1. The van der Waals surface area contributed by atoms with Gasteiger partial charge in [-0.25, -0.2) is 0 Å². The number of carbonyl (C=O) groups excluding carboxylic acids is 2. The van der Waals surface area contributed by atoms with E-state index in [9.17, 15) is 9.59 Å². The van der Waals surface area contributed by atoms with Crippen LogP contribution in [0.15, 0.2) is 0 Å². The zero-order valence-electron chi connectivity index (χ0n) is 13.5. The third-order valence-electron chi connectivity index (χ3n) is 6.09. The molecule has 2 aliphatic carbocycles. The van der Waals surface area contributed by atoms with E-state index in [1.165, 1.54) is 13.3 Å². The van der Waals surface area contributed by atoms with Gasteiger partial charge in [0.05, 0.1) is 5.92 Å². The topological polar surface area (TPSA) is 43.4 Å². The SMILES string of the molecule is CC(=O)O[C@]1(C)CCC2C(C)(C)CCC[C@]2(C)[C@H]1C=O. The zero-order chi connectivity index (χ0) is 15.2. The molecular weight excluding hydrogens is 252 g/mol. The molecule has 2 aliphatic rings. The summed E-state index contributed by atoms with van der Waals surface area (Å²) in [5, 5.41) is 0. The summed E-state index contributed by atoms with van der Waals surface area (Å²) in [7, 11) is 0. The van der Waals surface area contributed by atoms with Crippen LogP contribution in [0.4, 0.5) is 0 Å². The summed E-state index contributed by atoms with van der Waals surface area (Å²) in [6.45, 7) is 10.3. The molecular formula is C17H28O3. The highest BCUT2D eigenvalue weighted by atomic mass is 16.6. The van der Waals surface area contributed by atoms with Crippen molar-refractivity contribution in [3.05, 3.63) is 0 Å². The molecule has 4 atom stereocenters. The molecule has 2 rings (SSSR count). The monoisotopic (exact) mass is 280 g/mol. The number of ether oxygens (including phenoxy) is 1. The third-order valence-corrected chi connectivity index (χ3v) is 6.09. The van der Waals surface area contributed by atoms with Crippen molar-refractivity contribution in [1.29, 1.82) is 0 Å². The third kappa shape index (κ3) is 2.29. The van der Waals surface area contributed by atoms with Crippen molar-refractivity contribution in [2.75, 3.05) is 0 Å². The number of hydrogen-bond acceptors (Lipinski definition) is 3. The van der Waals surface area contributed by atoms with Crippen LogP contribution in [0, 0.1) is 22.7 Å². The first kappa shape index (κ1) is 15.5.